The number of hydrogen-bond donors (Lipinski definition) is 0. The Kier molecular flexibility index (Phi) is 5.25. The lowest BCUT2D eigenvalue weighted by atomic mass is 9.97. The summed E-state index contributed by atoms with van der Waals surface area (Å²) in [6, 6.07) is 5.46. The highest BCUT2D eigenvalue weighted by Gasteiger charge is 2.21. The van der Waals surface area contributed by atoms with E-state index in [1.165, 1.54) is 36.5 Å². The number of carbonyl (C=O) groups is 1. The van der Waals surface area contributed by atoms with Crippen molar-refractivity contribution >= 4 is 33.6 Å². The first-order chi connectivity index (χ1) is 13.7. The molecule has 2 heterocycles. The molecule has 0 saturated heterocycles. The van der Waals surface area contributed by atoms with E-state index in [1.54, 1.807) is 36.9 Å². The van der Waals surface area contributed by atoms with Crippen molar-refractivity contribution in [2.24, 2.45) is 0 Å². The molecule has 28 heavy (non-hydrogen) atoms. The summed E-state index contributed by atoms with van der Waals surface area (Å²) in [7, 11) is 2.92. The number of rotatable bonds is 5. The van der Waals surface area contributed by atoms with E-state index >= 15 is 0 Å². The molecule has 7 heteroatoms. The van der Waals surface area contributed by atoms with E-state index < -0.39 is 5.97 Å². The highest BCUT2D eigenvalue weighted by molar-refractivity contribution is 7.18. The zero-order valence-electron chi connectivity index (χ0n) is 15.7. The Morgan fingerprint density at radius 1 is 1.14 bits per heavy atom. The van der Waals surface area contributed by atoms with Gasteiger partial charge in [-0.3, -0.25) is 0 Å². The summed E-state index contributed by atoms with van der Waals surface area (Å²) in [4.78, 5) is 22.5. The number of thiophene rings is 1. The molecular weight excluding hydrogens is 376 g/mol. The number of methoxy groups -OCH3 is 2. The molecule has 0 spiro atoms. The minimum Gasteiger partial charge on any atom is -0.493 e. The van der Waals surface area contributed by atoms with Crippen molar-refractivity contribution in [3.05, 3.63) is 46.6 Å². The van der Waals surface area contributed by atoms with Gasteiger partial charge < -0.3 is 14.2 Å². The van der Waals surface area contributed by atoms with Crippen molar-refractivity contribution in [3.63, 3.8) is 0 Å². The van der Waals surface area contributed by atoms with Crippen LogP contribution in [0.15, 0.2) is 30.6 Å². The quantitative estimate of drug-likeness (QED) is 0.465. The van der Waals surface area contributed by atoms with Gasteiger partial charge in [0, 0.05) is 11.0 Å². The topological polar surface area (TPSA) is 70.5 Å². The molecule has 0 unspecified atom stereocenters. The summed E-state index contributed by atoms with van der Waals surface area (Å²) < 4.78 is 16.3. The van der Waals surface area contributed by atoms with Crippen LogP contribution < -0.4 is 9.47 Å². The van der Waals surface area contributed by atoms with Crippen LogP contribution in [0.3, 0.4) is 0 Å². The van der Waals surface area contributed by atoms with Gasteiger partial charge in [-0.05, 0) is 55.0 Å². The molecule has 3 aromatic rings. The molecule has 6 nitrogen and oxygen atoms in total. The molecule has 1 aromatic carbocycles. The van der Waals surface area contributed by atoms with Crippen molar-refractivity contribution in [2.45, 2.75) is 25.7 Å². The fourth-order valence-corrected chi connectivity index (χ4v) is 4.57. The second-order valence-corrected chi connectivity index (χ2v) is 7.52. The Morgan fingerprint density at radius 2 is 2.00 bits per heavy atom. The summed E-state index contributed by atoms with van der Waals surface area (Å²) in [6.45, 7) is 0. The second-order valence-electron chi connectivity index (χ2n) is 6.44. The predicted octanol–water partition coefficient (Wildman–Crippen LogP) is 4.56. The van der Waals surface area contributed by atoms with Gasteiger partial charge >= 0.3 is 5.97 Å². The van der Waals surface area contributed by atoms with Crippen molar-refractivity contribution in [1.29, 1.82) is 0 Å². The highest BCUT2D eigenvalue weighted by Crippen LogP contribution is 2.41. The number of carbonyl (C=O) groups excluding carboxylic acids is 1. The lowest BCUT2D eigenvalue weighted by Crippen LogP contribution is -2.00. The molecule has 0 N–H and O–H groups in total. The molecule has 0 bridgehead atoms. The van der Waals surface area contributed by atoms with Gasteiger partial charge in [0.25, 0.3) is 0 Å². The van der Waals surface area contributed by atoms with Crippen LogP contribution in [0.1, 0.15) is 28.8 Å². The summed E-state index contributed by atoms with van der Waals surface area (Å²) in [6.07, 6.45) is 9.10. The SMILES string of the molecule is COC(=O)/C=C/c1ccc(Oc2ncnc3sc4c(c23)CCCC4)c(OC)c1. The standard InChI is InChI=1S/C21H20N2O4S/c1-25-16-11-13(8-10-18(24)26-2)7-9-15(16)27-20-19-14-5-3-4-6-17(14)28-21(19)23-12-22-20/h7-12H,3-6H2,1-2H3/b10-8+. The van der Waals surface area contributed by atoms with Crippen LogP contribution in [-0.2, 0) is 22.4 Å². The Hall–Kier alpha value is -2.93. The molecule has 0 aliphatic heterocycles. The first-order valence-electron chi connectivity index (χ1n) is 9.06. The van der Waals surface area contributed by atoms with Crippen molar-refractivity contribution < 1.29 is 19.0 Å². The molecule has 0 saturated carbocycles. The van der Waals surface area contributed by atoms with Gasteiger partial charge in [0.2, 0.25) is 5.88 Å². The average Bonchev–Trinajstić information content (AvgIpc) is 3.12. The van der Waals surface area contributed by atoms with E-state index in [-0.39, 0.29) is 0 Å². The largest absolute Gasteiger partial charge is 0.493 e. The van der Waals surface area contributed by atoms with Crippen LogP contribution in [0.2, 0.25) is 0 Å². The van der Waals surface area contributed by atoms with Crippen LogP contribution in [0, 0.1) is 0 Å². The third-order valence-corrected chi connectivity index (χ3v) is 5.92. The number of ether oxygens (including phenoxy) is 3. The van der Waals surface area contributed by atoms with Crippen LogP contribution in [-0.4, -0.2) is 30.2 Å². The number of benzene rings is 1. The number of fused-ring (bicyclic) bond motifs is 3. The maximum atomic E-state index is 11.3. The predicted molar refractivity (Wildman–Crippen MR) is 108 cm³/mol. The second kappa shape index (κ2) is 7.98. The minimum atomic E-state index is -0.412. The summed E-state index contributed by atoms with van der Waals surface area (Å²) in [5.41, 5.74) is 2.12. The third kappa shape index (κ3) is 3.57. The van der Waals surface area contributed by atoms with E-state index in [9.17, 15) is 4.79 Å². The maximum absolute atomic E-state index is 11.3. The molecule has 1 aliphatic rings. The Balaban J connectivity index is 1.68. The molecule has 0 atom stereocenters. The monoisotopic (exact) mass is 396 g/mol. The fraction of sp³-hybridized carbons (Fsp3) is 0.286. The minimum absolute atomic E-state index is 0.412. The zero-order chi connectivity index (χ0) is 19.5. The van der Waals surface area contributed by atoms with E-state index in [0.29, 0.717) is 17.4 Å². The van der Waals surface area contributed by atoms with Crippen LogP contribution >= 0.6 is 11.3 Å². The lowest BCUT2D eigenvalue weighted by molar-refractivity contribution is -0.134. The molecule has 1 aliphatic carbocycles. The summed E-state index contributed by atoms with van der Waals surface area (Å²) >= 11 is 1.73. The van der Waals surface area contributed by atoms with Gasteiger partial charge in [0.05, 0.1) is 19.6 Å². The molecule has 2 aromatic heterocycles. The Bertz CT molecular complexity index is 1060. The third-order valence-electron chi connectivity index (χ3n) is 4.72. The first kappa shape index (κ1) is 18.4. The number of nitrogens with zero attached hydrogens (tertiary/aromatic N) is 2. The summed E-state index contributed by atoms with van der Waals surface area (Å²) in [5, 5.41) is 1.01. The Labute approximate surface area is 166 Å². The van der Waals surface area contributed by atoms with E-state index in [4.69, 9.17) is 9.47 Å². The maximum Gasteiger partial charge on any atom is 0.330 e. The van der Waals surface area contributed by atoms with Crippen molar-refractivity contribution in [3.8, 4) is 17.4 Å². The molecule has 0 radical (unpaired) electrons. The van der Waals surface area contributed by atoms with Crippen LogP contribution in [0.4, 0.5) is 0 Å². The molecule has 0 amide bonds. The van der Waals surface area contributed by atoms with E-state index in [1.807, 2.05) is 12.1 Å². The average molecular weight is 396 g/mol. The van der Waals surface area contributed by atoms with Crippen molar-refractivity contribution in [2.75, 3.05) is 14.2 Å². The first-order valence-corrected chi connectivity index (χ1v) is 9.88. The van der Waals surface area contributed by atoms with Crippen LogP contribution in [0.25, 0.3) is 16.3 Å². The van der Waals surface area contributed by atoms with E-state index in [0.717, 1.165) is 28.6 Å². The number of hydrogen-bond acceptors (Lipinski definition) is 7. The number of aromatic nitrogens is 2. The number of aryl methyl sites for hydroxylation is 2. The van der Waals surface area contributed by atoms with Crippen LogP contribution in [0.5, 0.6) is 17.4 Å². The van der Waals surface area contributed by atoms with Gasteiger partial charge in [0.15, 0.2) is 11.5 Å². The van der Waals surface area contributed by atoms with Gasteiger partial charge in [0.1, 0.15) is 11.2 Å². The highest BCUT2D eigenvalue weighted by atomic mass is 32.1. The molecule has 0 fully saturated rings. The van der Waals surface area contributed by atoms with Gasteiger partial charge in [-0.15, -0.1) is 11.3 Å². The van der Waals surface area contributed by atoms with Gasteiger partial charge in [-0.25, -0.2) is 14.8 Å². The van der Waals surface area contributed by atoms with Gasteiger partial charge in [-0.1, -0.05) is 6.07 Å². The number of esters is 1. The molecule has 144 valence electrons. The van der Waals surface area contributed by atoms with Crippen molar-refractivity contribution in [1.82, 2.24) is 9.97 Å². The smallest absolute Gasteiger partial charge is 0.330 e. The van der Waals surface area contributed by atoms with Gasteiger partial charge in [-0.2, -0.15) is 0 Å². The molecular formula is C21H20N2O4S. The zero-order valence-corrected chi connectivity index (χ0v) is 16.5. The molecule has 4 rings (SSSR count). The summed E-state index contributed by atoms with van der Waals surface area (Å²) in [5.74, 6) is 1.27. The fourth-order valence-electron chi connectivity index (χ4n) is 3.35. The lowest BCUT2D eigenvalue weighted by Gasteiger charge is -2.13. The Morgan fingerprint density at radius 3 is 2.82 bits per heavy atom. The van der Waals surface area contributed by atoms with E-state index in [2.05, 4.69) is 14.7 Å². The normalized spacial score (nSPS) is 13.5.